The number of nitrogens with zero attached hydrogens (tertiary/aromatic N) is 1. The Hall–Kier alpha value is -7.22. The maximum atomic E-state index is 14.2. The standard InChI is InChI=1S/C32H12BF24.C20H20NO/c34-25(35,36)13-1-14(26(37,38)39)6-21(5-13)33(22-7-15(27(40,41)42)2-16(8-22)28(43,44)45,23-9-17(29(46,47)48)3-18(10-23)30(49,50)51)24-11-19(31(52,53)54)4-20(12-24)32(55,56)57;1-15(2)16-9-11-18(12-10-16)20(22)14-21-13-5-7-17-6-3-4-8-19(17)21/h1-12H;3-13,15H,14H2,1-2H3/q-1;+1. The second-order valence-electron chi connectivity index (χ2n) is 18.1. The number of para-hydroxylation sites is 1. The minimum atomic E-state index is -6.13. The molecule has 422 valence electrons. The van der Waals surface area contributed by atoms with Crippen LogP contribution in [0.2, 0.25) is 0 Å². The molecule has 0 N–H and O–H groups in total. The quantitative estimate of drug-likeness (QED) is 0.0643. The first kappa shape index (κ1) is 61.0. The van der Waals surface area contributed by atoms with E-state index in [0.29, 0.717) is 12.5 Å². The molecule has 6 aromatic carbocycles. The number of fused-ring (bicyclic) bond motifs is 1. The summed E-state index contributed by atoms with van der Waals surface area (Å²) in [5.41, 5.74) is -27.1. The highest BCUT2D eigenvalue weighted by molar-refractivity contribution is 7.20. The van der Waals surface area contributed by atoms with Crippen molar-refractivity contribution in [3.05, 3.63) is 195 Å². The molecule has 79 heavy (non-hydrogen) atoms. The molecule has 0 saturated carbocycles. The van der Waals surface area contributed by atoms with Gasteiger partial charge in [-0.05, 0) is 47.9 Å². The van der Waals surface area contributed by atoms with E-state index in [1.165, 1.54) is 5.56 Å². The zero-order valence-electron chi connectivity index (χ0n) is 39.6. The molecule has 0 radical (unpaired) electrons. The number of halogens is 24. The van der Waals surface area contributed by atoms with Crippen LogP contribution < -0.4 is 26.4 Å². The van der Waals surface area contributed by atoms with Crippen LogP contribution in [0.3, 0.4) is 0 Å². The van der Waals surface area contributed by atoms with Gasteiger partial charge >= 0.3 is 49.4 Å². The molecule has 1 aromatic heterocycles. The molecule has 0 aliphatic carbocycles. The van der Waals surface area contributed by atoms with Gasteiger partial charge in [0.25, 0.3) is 0 Å². The van der Waals surface area contributed by atoms with Crippen molar-refractivity contribution in [1.82, 2.24) is 0 Å². The molecule has 0 aliphatic rings. The summed E-state index contributed by atoms with van der Waals surface area (Å²) in [6.07, 6.45) is -52.8. The molecule has 0 aliphatic heterocycles. The van der Waals surface area contributed by atoms with Gasteiger partial charge in [0.15, 0.2) is 6.20 Å². The molecule has 0 bridgehead atoms. The highest BCUT2D eigenvalue weighted by Crippen LogP contribution is 2.41. The molecule has 7 aromatic rings. The number of rotatable bonds is 8. The first-order valence-corrected chi connectivity index (χ1v) is 22.3. The van der Waals surface area contributed by atoms with Gasteiger partial charge in [0.1, 0.15) is 6.15 Å². The molecule has 0 fully saturated rings. The minimum Gasteiger partial charge on any atom is -0.287 e. The summed E-state index contributed by atoms with van der Waals surface area (Å²) in [5.74, 6) is 0.619. The number of Topliss-reactive ketones (excluding diaryl/α,β-unsaturated/α-hetero) is 1. The van der Waals surface area contributed by atoms with E-state index >= 15 is 0 Å². The van der Waals surface area contributed by atoms with Crippen LogP contribution in [0, 0.1) is 0 Å². The SMILES string of the molecule is CC(C)c1ccc(C(=O)C[n+]2cccc3ccccc32)cc1.FC(F)(F)c1cc([B-](c2cc(C(F)(F)F)cc(C(F)(F)F)c2)(c2cc(C(F)(F)F)cc(C(F)(F)F)c2)c2cc(C(F)(F)F)cc(C(F)(F)F)c2)cc(C(F)(F)F)c1. The predicted octanol–water partition coefficient (Wildman–Crippen LogP) is 15.3. The number of benzene rings is 6. The average Bonchev–Trinajstić information content (AvgIpc) is 3.54. The number of ketones is 1. The van der Waals surface area contributed by atoms with Crippen LogP contribution in [0.15, 0.2) is 140 Å². The zero-order valence-corrected chi connectivity index (χ0v) is 39.6. The van der Waals surface area contributed by atoms with E-state index in [-0.39, 0.29) is 5.78 Å². The first-order valence-electron chi connectivity index (χ1n) is 22.3. The van der Waals surface area contributed by atoms with Crippen molar-refractivity contribution >= 4 is 44.7 Å². The summed E-state index contributed by atoms with van der Waals surface area (Å²) in [6.45, 7) is 4.67. The highest BCUT2D eigenvalue weighted by Gasteiger charge is 2.47. The van der Waals surface area contributed by atoms with E-state index in [0.717, 1.165) is 16.5 Å². The monoisotopic (exact) mass is 1150 g/mol. The van der Waals surface area contributed by atoms with E-state index in [1.54, 1.807) is 0 Å². The van der Waals surface area contributed by atoms with Crippen LogP contribution in [-0.4, -0.2) is 11.9 Å². The predicted molar refractivity (Wildman–Crippen MR) is 239 cm³/mol. The van der Waals surface area contributed by atoms with Crippen molar-refractivity contribution < 1.29 is 115 Å². The third-order valence-electron chi connectivity index (χ3n) is 12.4. The number of hydrogen-bond donors (Lipinski definition) is 0. The number of pyridine rings is 1. The van der Waals surface area contributed by atoms with E-state index in [4.69, 9.17) is 0 Å². The van der Waals surface area contributed by atoms with Gasteiger partial charge in [0.05, 0.1) is 44.5 Å². The summed E-state index contributed by atoms with van der Waals surface area (Å²) < 4.78 is 343. The lowest BCUT2D eigenvalue weighted by molar-refractivity contribution is -0.657. The molecule has 0 amide bonds. The maximum absolute atomic E-state index is 14.2. The molecule has 7 rings (SSSR count). The van der Waals surface area contributed by atoms with E-state index in [9.17, 15) is 110 Å². The largest absolute Gasteiger partial charge is 0.416 e. The Labute approximate surface area is 429 Å². The number of hydrogen-bond acceptors (Lipinski definition) is 1. The van der Waals surface area contributed by atoms with Gasteiger partial charge in [-0.25, -0.2) is 0 Å². The Balaban J connectivity index is 0.000000378. The summed E-state index contributed by atoms with van der Waals surface area (Å²) >= 11 is 0. The van der Waals surface area contributed by atoms with E-state index in [2.05, 4.69) is 26.0 Å². The van der Waals surface area contributed by atoms with Crippen LogP contribution in [0.4, 0.5) is 105 Å². The van der Waals surface area contributed by atoms with Crippen LogP contribution in [0.25, 0.3) is 10.9 Å². The molecule has 1 heterocycles. The Morgan fingerprint density at radius 3 is 0.911 bits per heavy atom. The number of alkyl halides is 24. The average molecular weight is 1150 g/mol. The van der Waals surface area contributed by atoms with Gasteiger partial charge in [-0.1, -0.05) is 98.8 Å². The van der Waals surface area contributed by atoms with Crippen LogP contribution in [0.1, 0.15) is 80.2 Å². The lowest BCUT2D eigenvalue weighted by Gasteiger charge is -2.46. The lowest BCUT2D eigenvalue weighted by Crippen LogP contribution is -2.75. The smallest absolute Gasteiger partial charge is 0.287 e. The van der Waals surface area contributed by atoms with Crippen molar-refractivity contribution in [2.24, 2.45) is 0 Å². The highest BCUT2D eigenvalue weighted by atomic mass is 19.4. The number of carbonyl (C=O) groups is 1. The van der Waals surface area contributed by atoms with Gasteiger partial charge in [0.2, 0.25) is 17.8 Å². The Morgan fingerprint density at radius 1 is 0.380 bits per heavy atom. The fourth-order valence-electron chi connectivity index (χ4n) is 8.73. The zero-order chi connectivity index (χ0) is 59.4. The Bertz CT molecular complexity index is 2910. The second kappa shape index (κ2) is 21.1. The number of aromatic nitrogens is 1. The van der Waals surface area contributed by atoms with E-state index < -0.39 is 195 Å². The molecule has 0 saturated heterocycles. The molecular weight excluding hydrogens is 1120 g/mol. The molecule has 0 unspecified atom stereocenters. The Kier molecular flexibility index (Phi) is 16.3. The van der Waals surface area contributed by atoms with Gasteiger partial charge in [0, 0.05) is 23.1 Å². The van der Waals surface area contributed by atoms with Crippen LogP contribution >= 0.6 is 0 Å². The summed E-state index contributed by atoms with van der Waals surface area (Å²) in [4.78, 5) is 12.5. The second-order valence-corrected chi connectivity index (χ2v) is 18.1. The van der Waals surface area contributed by atoms with Crippen molar-refractivity contribution in [3.8, 4) is 0 Å². The third kappa shape index (κ3) is 13.8. The van der Waals surface area contributed by atoms with Crippen molar-refractivity contribution in [2.45, 2.75) is 75.7 Å². The fourth-order valence-corrected chi connectivity index (χ4v) is 8.73. The van der Waals surface area contributed by atoms with Crippen molar-refractivity contribution in [3.63, 3.8) is 0 Å². The summed E-state index contributed by atoms with van der Waals surface area (Å²) in [6, 6.07) is 11.3. The van der Waals surface area contributed by atoms with Gasteiger partial charge < -0.3 is 0 Å². The normalized spacial score (nSPS) is 13.4. The summed E-state index contributed by atoms with van der Waals surface area (Å²) in [5, 5.41) is 1.15. The molecule has 2 nitrogen and oxygen atoms in total. The third-order valence-corrected chi connectivity index (χ3v) is 12.4. The number of carbonyl (C=O) groups excluding carboxylic acids is 1. The van der Waals surface area contributed by atoms with E-state index in [1.807, 2.05) is 59.3 Å². The molecule has 27 heteroatoms. The van der Waals surface area contributed by atoms with Gasteiger partial charge in [-0.3, -0.25) is 4.79 Å². The summed E-state index contributed by atoms with van der Waals surface area (Å²) in [7, 11) is 0. The minimum absolute atomic E-state index is 0.136. The van der Waals surface area contributed by atoms with Gasteiger partial charge in [-0.2, -0.15) is 132 Å². The van der Waals surface area contributed by atoms with Gasteiger partial charge in [-0.15, -0.1) is 0 Å². The molecular formula is C52H32BF24NO. The molecule has 0 spiro atoms. The molecule has 0 atom stereocenters. The van der Waals surface area contributed by atoms with Crippen LogP contribution in [0.5, 0.6) is 0 Å². The topological polar surface area (TPSA) is 20.9 Å². The van der Waals surface area contributed by atoms with Crippen molar-refractivity contribution in [2.75, 3.05) is 0 Å². The maximum Gasteiger partial charge on any atom is 0.416 e. The van der Waals surface area contributed by atoms with Crippen molar-refractivity contribution in [1.29, 1.82) is 0 Å². The fraction of sp³-hybridized carbons (Fsp3) is 0.231. The first-order chi connectivity index (χ1) is 35.9. The Morgan fingerprint density at radius 2 is 0.646 bits per heavy atom. The lowest BCUT2D eigenvalue weighted by atomic mass is 9.12. The van der Waals surface area contributed by atoms with Crippen LogP contribution in [-0.2, 0) is 56.0 Å².